The number of hydrogen-bond acceptors (Lipinski definition) is 4. The molecule has 0 radical (unpaired) electrons. The van der Waals surface area contributed by atoms with Gasteiger partial charge in [-0.25, -0.2) is 13.2 Å². The first-order valence-corrected chi connectivity index (χ1v) is 7.65. The van der Waals surface area contributed by atoms with Crippen LogP contribution in [-0.2, 0) is 10.0 Å². The normalized spacial score (nSPS) is 12.1. The van der Waals surface area contributed by atoms with Crippen LogP contribution in [-0.4, -0.2) is 41.5 Å². The maximum atomic E-state index is 12.6. The number of aromatic carboxylic acids is 1. The molecule has 1 aromatic carbocycles. The lowest BCUT2D eigenvalue weighted by molar-refractivity contribution is 0.0693. The average Bonchev–Trinajstić information content (AvgIpc) is 2.27. The van der Waals surface area contributed by atoms with E-state index in [0.717, 1.165) is 12.1 Å². The molecule has 0 saturated heterocycles. The molecule has 6 nitrogen and oxygen atoms in total. The lowest BCUT2D eigenvalue weighted by Gasteiger charge is -2.25. The van der Waals surface area contributed by atoms with E-state index in [0.29, 0.717) is 5.56 Å². The number of carbonyl (C=O) groups is 1. The lowest BCUT2D eigenvalue weighted by Crippen LogP contribution is -2.37. The van der Waals surface area contributed by atoms with E-state index in [2.05, 4.69) is 0 Å². The summed E-state index contributed by atoms with van der Waals surface area (Å²) < 4.78 is 26.4. The van der Waals surface area contributed by atoms with Gasteiger partial charge >= 0.3 is 5.97 Å². The number of aryl methyl sites for hydroxylation is 1. The van der Waals surface area contributed by atoms with Gasteiger partial charge in [-0.05, 0) is 38.5 Å². The van der Waals surface area contributed by atoms with Crippen LogP contribution in [0.15, 0.2) is 17.0 Å². The Morgan fingerprint density at radius 1 is 1.35 bits per heavy atom. The number of sulfonamides is 1. The highest BCUT2D eigenvalue weighted by atomic mass is 32.2. The molecule has 7 heteroatoms. The van der Waals surface area contributed by atoms with E-state index in [1.807, 2.05) is 0 Å². The number of benzene rings is 1. The summed E-state index contributed by atoms with van der Waals surface area (Å²) in [5.74, 6) is -1.81. The smallest absolute Gasteiger partial charge is 0.339 e. The Morgan fingerprint density at radius 2 is 1.90 bits per heavy atom. The van der Waals surface area contributed by atoms with Gasteiger partial charge in [0.15, 0.2) is 0 Å². The van der Waals surface area contributed by atoms with Gasteiger partial charge in [0.2, 0.25) is 10.0 Å². The molecule has 112 valence electrons. The Hall–Kier alpha value is -1.60. The van der Waals surface area contributed by atoms with Crippen LogP contribution < -0.4 is 0 Å². The SMILES string of the molecule is CCN(C(C)C)S(=O)(=O)c1cc(C(=O)O)c(O)cc1C. The first-order valence-electron chi connectivity index (χ1n) is 6.21. The van der Waals surface area contributed by atoms with E-state index in [9.17, 15) is 18.3 Å². The van der Waals surface area contributed by atoms with Crippen molar-refractivity contribution in [3.8, 4) is 5.75 Å². The van der Waals surface area contributed by atoms with Crippen molar-refractivity contribution in [2.24, 2.45) is 0 Å². The number of phenols is 1. The fourth-order valence-corrected chi connectivity index (χ4v) is 3.94. The minimum Gasteiger partial charge on any atom is -0.507 e. The molecule has 0 heterocycles. The fraction of sp³-hybridized carbons (Fsp3) is 0.462. The van der Waals surface area contributed by atoms with Gasteiger partial charge in [-0.2, -0.15) is 4.31 Å². The van der Waals surface area contributed by atoms with E-state index < -0.39 is 27.3 Å². The van der Waals surface area contributed by atoms with Gasteiger partial charge < -0.3 is 10.2 Å². The summed E-state index contributed by atoms with van der Waals surface area (Å²) >= 11 is 0. The third kappa shape index (κ3) is 2.94. The van der Waals surface area contributed by atoms with Crippen molar-refractivity contribution < 1.29 is 23.4 Å². The van der Waals surface area contributed by atoms with Gasteiger partial charge in [0.05, 0.1) is 4.90 Å². The molecule has 2 N–H and O–H groups in total. The van der Waals surface area contributed by atoms with Gasteiger partial charge in [0.1, 0.15) is 11.3 Å². The van der Waals surface area contributed by atoms with Crippen molar-refractivity contribution in [3.05, 3.63) is 23.3 Å². The van der Waals surface area contributed by atoms with Crippen molar-refractivity contribution in [2.75, 3.05) is 6.54 Å². The Balaban J connectivity index is 3.53. The van der Waals surface area contributed by atoms with Gasteiger partial charge in [0.25, 0.3) is 0 Å². The molecule has 0 spiro atoms. The highest BCUT2D eigenvalue weighted by Crippen LogP contribution is 2.28. The molecule has 0 aliphatic carbocycles. The summed E-state index contributed by atoms with van der Waals surface area (Å²) in [7, 11) is -3.79. The van der Waals surface area contributed by atoms with Crippen molar-refractivity contribution in [1.82, 2.24) is 4.31 Å². The molecular formula is C13H19NO5S. The molecule has 0 aliphatic rings. The minimum absolute atomic E-state index is 0.0942. The molecule has 0 aliphatic heterocycles. The molecule has 20 heavy (non-hydrogen) atoms. The van der Waals surface area contributed by atoms with Crippen LogP contribution in [0.5, 0.6) is 5.75 Å². The fourth-order valence-electron chi connectivity index (χ4n) is 2.06. The predicted molar refractivity (Wildman–Crippen MR) is 74.5 cm³/mol. The molecule has 0 fully saturated rings. The van der Waals surface area contributed by atoms with Crippen LogP contribution in [0.1, 0.15) is 36.7 Å². The monoisotopic (exact) mass is 301 g/mol. The van der Waals surface area contributed by atoms with E-state index in [-0.39, 0.29) is 17.5 Å². The molecular weight excluding hydrogens is 282 g/mol. The minimum atomic E-state index is -3.79. The Labute approximate surface area is 118 Å². The second-order valence-electron chi connectivity index (χ2n) is 4.74. The van der Waals surface area contributed by atoms with E-state index in [4.69, 9.17) is 5.11 Å². The summed E-state index contributed by atoms with van der Waals surface area (Å²) in [5, 5.41) is 18.6. The maximum absolute atomic E-state index is 12.6. The van der Waals surface area contributed by atoms with E-state index in [1.165, 1.54) is 11.2 Å². The van der Waals surface area contributed by atoms with Crippen LogP contribution in [0.2, 0.25) is 0 Å². The number of nitrogens with zero attached hydrogens (tertiary/aromatic N) is 1. The highest BCUT2D eigenvalue weighted by Gasteiger charge is 2.28. The summed E-state index contributed by atoms with van der Waals surface area (Å²) in [6.45, 7) is 7.00. The molecule has 0 bridgehead atoms. The van der Waals surface area contributed by atoms with Gasteiger partial charge in [-0.15, -0.1) is 0 Å². The Kier molecular flexibility index (Phi) is 4.77. The Bertz CT molecular complexity index is 622. The predicted octanol–water partition coefficient (Wildman–Crippen LogP) is 1.82. The molecule has 0 saturated carbocycles. The first-order chi connectivity index (χ1) is 9.12. The van der Waals surface area contributed by atoms with Crippen molar-refractivity contribution >= 4 is 16.0 Å². The summed E-state index contributed by atoms with van der Waals surface area (Å²) in [4.78, 5) is 10.9. The zero-order valence-electron chi connectivity index (χ0n) is 11.9. The highest BCUT2D eigenvalue weighted by molar-refractivity contribution is 7.89. The van der Waals surface area contributed by atoms with E-state index in [1.54, 1.807) is 20.8 Å². The number of hydrogen-bond donors (Lipinski definition) is 2. The van der Waals surface area contributed by atoms with Gasteiger partial charge in [0, 0.05) is 12.6 Å². The first kappa shape index (κ1) is 16.5. The van der Waals surface area contributed by atoms with Gasteiger partial charge in [-0.3, -0.25) is 0 Å². The van der Waals surface area contributed by atoms with Crippen LogP contribution in [0.3, 0.4) is 0 Å². The van der Waals surface area contributed by atoms with Crippen molar-refractivity contribution in [3.63, 3.8) is 0 Å². The molecule has 1 rings (SSSR count). The Morgan fingerprint density at radius 3 is 2.30 bits per heavy atom. The maximum Gasteiger partial charge on any atom is 0.339 e. The summed E-state index contributed by atoms with van der Waals surface area (Å²) in [6.07, 6.45) is 0. The van der Waals surface area contributed by atoms with Crippen LogP contribution in [0.4, 0.5) is 0 Å². The zero-order valence-corrected chi connectivity index (χ0v) is 12.7. The third-order valence-corrected chi connectivity index (χ3v) is 5.29. The van der Waals surface area contributed by atoms with Crippen molar-refractivity contribution in [2.45, 2.75) is 38.6 Å². The molecule has 1 aromatic rings. The second-order valence-corrected chi connectivity index (χ2v) is 6.60. The van der Waals surface area contributed by atoms with E-state index >= 15 is 0 Å². The van der Waals surface area contributed by atoms with Crippen LogP contribution in [0.25, 0.3) is 0 Å². The van der Waals surface area contributed by atoms with Gasteiger partial charge in [-0.1, -0.05) is 6.92 Å². The number of rotatable bonds is 5. The summed E-state index contributed by atoms with van der Waals surface area (Å²) in [6, 6.07) is 1.92. The topological polar surface area (TPSA) is 94.9 Å². The molecule has 0 unspecified atom stereocenters. The standard InChI is InChI=1S/C13H19NO5S/c1-5-14(8(2)3)20(18,19)12-7-10(13(16)17)11(15)6-9(12)4/h6-8,15H,5H2,1-4H3,(H,16,17). The molecule has 0 aromatic heterocycles. The lowest BCUT2D eigenvalue weighted by atomic mass is 10.1. The molecule has 0 atom stereocenters. The third-order valence-electron chi connectivity index (χ3n) is 3.00. The number of carboxylic acids is 1. The molecule has 0 amide bonds. The number of carboxylic acid groups (broad SMARTS) is 1. The number of aromatic hydroxyl groups is 1. The summed E-state index contributed by atoms with van der Waals surface area (Å²) in [5.41, 5.74) is -0.111. The second kappa shape index (κ2) is 5.80. The average molecular weight is 301 g/mol. The van der Waals surface area contributed by atoms with Crippen LogP contribution >= 0.6 is 0 Å². The largest absolute Gasteiger partial charge is 0.507 e. The zero-order chi connectivity index (χ0) is 15.7. The quantitative estimate of drug-likeness (QED) is 0.865. The van der Waals surface area contributed by atoms with Crippen molar-refractivity contribution in [1.29, 1.82) is 0 Å². The van der Waals surface area contributed by atoms with Crippen LogP contribution in [0, 0.1) is 6.92 Å².